The van der Waals surface area contributed by atoms with Crippen LogP contribution in [0.4, 0.5) is 0 Å². The Labute approximate surface area is 143 Å². The van der Waals surface area contributed by atoms with Crippen LogP contribution >= 0.6 is 7.60 Å². The van der Waals surface area contributed by atoms with Crippen LogP contribution in [0.5, 0.6) is 11.5 Å². The Bertz CT molecular complexity index is 589. The zero-order chi connectivity index (χ0) is 18.4. The molecule has 0 aliphatic carbocycles. The predicted octanol–water partition coefficient (Wildman–Crippen LogP) is 4.98. The van der Waals surface area contributed by atoms with Gasteiger partial charge in [-0.15, -0.1) is 4.67 Å². The van der Waals surface area contributed by atoms with Gasteiger partial charge in [0.1, 0.15) is 11.5 Å². The number of rotatable bonds is 8. The summed E-state index contributed by atoms with van der Waals surface area (Å²) in [7, 11) is -2.21. The van der Waals surface area contributed by atoms with E-state index in [9.17, 15) is 9.36 Å². The van der Waals surface area contributed by atoms with Crippen molar-refractivity contribution < 1.29 is 28.2 Å². The molecule has 0 aliphatic rings. The quantitative estimate of drug-likeness (QED) is 0.215. The van der Waals surface area contributed by atoms with Crippen molar-refractivity contribution in [2.24, 2.45) is 5.41 Å². The van der Waals surface area contributed by atoms with E-state index in [2.05, 4.69) is 4.89 Å². The lowest BCUT2D eigenvalue weighted by Crippen LogP contribution is -2.25. The van der Waals surface area contributed by atoms with E-state index in [4.69, 9.17) is 13.9 Å². The number of benzene rings is 1. The van der Waals surface area contributed by atoms with Gasteiger partial charge in [0, 0.05) is 6.07 Å². The van der Waals surface area contributed by atoms with Crippen molar-refractivity contribution >= 4 is 13.6 Å². The van der Waals surface area contributed by atoms with Crippen LogP contribution < -0.4 is 9.26 Å². The maximum atomic E-state index is 13.0. The highest BCUT2D eigenvalue weighted by molar-refractivity contribution is 7.54. The molecule has 1 aromatic rings. The first kappa shape index (κ1) is 20.7. The first-order valence-corrected chi connectivity index (χ1v) is 9.61. The van der Waals surface area contributed by atoms with E-state index >= 15 is 0 Å². The lowest BCUT2D eigenvalue weighted by Gasteiger charge is -2.24. The lowest BCUT2D eigenvalue weighted by atomic mass is 9.97. The zero-order valence-electron chi connectivity index (χ0n) is 15.2. The van der Waals surface area contributed by atoms with Crippen LogP contribution in [0.15, 0.2) is 24.3 Å². The summed E-state index contributed by atoms with van der Waals surface area (Å²) >= 11 is 0. The van der Waals surface area contributed by atoms with Crippen LogP contribution in [-0.2, 0) is 18.9 Å². The Kier molecular flexibility index (Phi) is 7.46. The molecule has 24 heavy (non-hydrogen) atoms. The van der Waals surface area contributed by atoms with Gasteiger partial charge in [-0.3, -0.25) is 4.79 Å². The third kappa shape index (κ3) is 5.62. The van der Waals surface area contributed by atoms with Gasteiger partial charge in [-0.05, 0) is 45.7 Å². The molecule has 1 atom stereocenters. The predicted molar refractivity (Wildman–Crippen MR) is 92.2 cm³/mol. The highest BCUT2D eigenvalue weighted by atomic mass is 31.2. The summed E-state index contributed by atoms with van der Waals surface area (Å²) in [4.78, 5) is 16.6. The molecule has 0 aliphatic heterocycles. The highest BCUT2D eigenvalue weighted by Gasteiger charge is 2.36. The number of hydrogen-bond donors (Lipinski definition) is 0. The summed E-state index contributed by atoms with van der Waals surface area (Å²) in [6, 6.07) is 6.43. The fourth-order valence-corrected chi connectivity index (χ4v) is 3.80. The molecule has 6 nitrogen and oxygen atoms in total. The summed E-state index contributed by atoms with van der Waals surface area (Å²) in [5.41, 5.74) is -0.917. The molecule has 0 N–H and O–H groups in total. The Balaban J connectivity index is 3.00. The van der Waals surface area contributed by atoms with E-state index in [1.807, 2.05) is 13.8 Å². The number of hydrogen-bond acceptors (Lipinski definition) is 6. The van der Waals surface area contributed by atoms with E-state index in [0.29, 0.717) is 24.3 Å². The van der Waals surface area contributed by atoms with Crippen LogP contribution in [-0.4, -0.2) is 18.7 Å². The van der Waals surface area contributed by atoms with Crippen molar-refractivity contribution in [3.63, 3.8) is 0 Å². The van der Waals surface area contributed by atoms with E-state index in [-0.39, 0.29) is 11.6 Å². The molecule has 0 radical (unpaired) electrons. The molecule has 0 saturated heterocycles. The maximum Gasteiger partial charge on any atom is 0.409 e. The van der Waals surface area contributed by atoms with Gasteiger partial charge in [-0.2, -0.15) is 0 Å². The molecule has 1 unspecified atom stereocenters. The third-order valence-electron chi connectivity index (χ3n) is 3.43. The minimum Gasteiger partial charge on any atom is -0.426 e. The van der Waals surface area contributed by atoms with Gasteiger partial charge in [-0.25, -0.2) is 9.45 Å². The second kappa shape index (κ2) is 8.65. The smallest absolute Gasteiger partial charge is 0.409 e. The number of carbonyl (C=O) groups excluding carboxylic acids is 1. The maximum absolute atomic E-state index is 13.0. The Hall–Kier alpha value is -1.36. The second-order valence-corrected chi connectivity index (χ2v) is 8.60. The van der Waals surface area contributed by atoms with E-state index in [0.717, 1.165) is 0 Å². The topological polar surface area (TPSA) is 71.1 Å². The minimum absolute atomic E-state index is 0.293. The van der Waals surface area contributed by atoms with Crippen molar-refractivity contribution in [2.75, 3.05) is 7.11 Å². The summed E-state index contributed by atoms with van der Waals surface area (Å²) in [6.07, 6.45) is 1.24. The normalized spacial score (nSPS) is 14.3. The first-order chi connectivity index (χ1) is 11.2. The molecular weight excluding hydrogens is 331 g/mol. The average molecular weight is 358 g/mol. The van der Waals surface area contributed by atoms with Crippen LogP contribution in [0.3, 0.4) is 0 Å². The molecule has 1 aromatic carbocycles. The van der Waals surface area contributed by atoms with Gasteiger partial charge in [0.2, 0.25) is 0 Å². The van der Waals surface area contributed by atoms with Crippen molar-refractivity contribution in [2.45, 2.75) is 53.1 Å². The zero-order valence-corrected chi connectivity index (χ0v) is 16.1. The highest BCUT2D eigenvalue weighted by Crippen LogP contribution is 2.55. The molecule has 0 aromatic heterocycles. The molecule has 0 spiro atoms. The molecule has 0 heterocycles. The minimum atomic E-state index is -3.50. The van der Waals surface area contributed by atoms with Crippen molar-refractivity contribution in [3.05, 3.63) is 24.3 Å². The molecule has 1 rings (SSSR count). The lowest BCUT2D eigenvalue weighted by molar-refractivity contribution is -0.185. The number of ether oxygens (including phenoxy) is 1. The Morgan fingerprint density at radius 2 is 1.75 bits per heavy atom. The number of carbonyl (C=O) groups is 1. The van der Waals surface area contributed by atoms with Crippen LogP contribution in [0.2, 0.25) is 0 Å². The van der Waals surface area contributed by atoms with Crippen LogP contribution in [0.25, 0.3) is 0 Å². The molecule has 136 valence electrons. The van der Waals surface area contributed by atoms with E-state index in [1.54, 1.807) is 39.0 Å². The Morgan fingerprint density at radius 1 is 1.17 bits per heavy atom. The molecule has 0 fully saturated rings. The number of esters is 1. The summed E-state index contributed by atoms with van der Waals surface area (Å²) in [5, 5.41) is 0. The second-order valence-electron chi connectivity index (χ2n) is 6.46. The largest absolute Gasteiger partial charge is 0.426 e. The Morgan fingerprint density at radius 3 is 2.25 bits per heavy atom. The summed E-state index contributed by atoms with van der Waals surface area (Å²) < 4.78 is 28.9. The van der Waals surface area contributed by atoms with Crippen LogP contribution in [0.1, 0.15) is 47.5 Å². The van der Waals surface area contributed by atoms with Crippen molar-refractivity contribution in [1.29, 1.82) is 0 Å². The first-order valence-electron chi connectivity index (χ1n) is 8.00. The third-order valence-corrected chi connectivity index (χ3v) is 5.88. The summed E-state index contributed by atoms with van der Waals surface area (Å²) in [6.45, 7) is 9.12. The van der Waals surface area contributed by atoms with Crippen molar-refractivity contribution in [3.8, 4) is 11.5 Å². The van der Waals surface area contributed by atoms with Gasteiger partial charge in [0.15, 0.2) is 0 Å². The van der Waals surface area contributed by atoms with E-state index in [1.165, 1.54) is 13.2 Å². The van der Waals surface area contributed by atoms with Crippen molar-refractivity contribution in [1.82, 2.24) is 0 Å². The fraction of sp³-hybridized carbons (Fsp3) is 0.588. The van der Waals surface area contributed by atoms with Gasteiger partial charge < -0.3 is 9.26 Å². The van der Waals surface area contributed by atoms with Gasteiger partial charge in [0.25, 0.3) is 0 Å². The van der Waals surface area contributed by atoms with E-state index < -0.39 is 13.0 Å². The molecule has 0 amide bonds. The van der Waals surface area contributed by atoms with Gasteiger partial charge in [0.05, 0.1) is 18.2 Å². The average Bonchev–Trinajstić information content (AvgIpc) is 2.47. The fourth-order valence-electron chi connectivity index (χ4n) is 1.99. The summed E-state index contributed by atoms with van der Waals surface area (Å²) in [5.74, 6) is 0.249. The van der Waals surface area contributed by atoms with Gasteiger partial charge >= 0.3 is 13.6 Å². The van der Waals surface area contributed by atoms with Crippen LogP contribution in [0, 0.1) is 5.41 Å². The monoisotopic (exact) mass is 358 g/mol. The van der Waals surface area contributed by atoms with Gasteiger partial charge in [-0.1, -0.05) is 19.9 Å². The molecular formula is C17H27O6P. The molecule has 7 heteroatoms. The SMILES string of the molecule is CCC(CC)P(=O)(OOC)Oc1cccc(OC(=O)C(C)(C)C)c1. The molecule has 0 bridgehead atoms. The molecule has 0 saturated carbocycles. The standard InChI is InChI=1S/C17H27O6P/c1-7-15(8-2)24(19,23-20-6)22-14-11-9-10-13(12-14)21-16(18)17(3,4)5/h9-12,15H,7-8H2,1-6H3.